The van der Waals surface area contributed by atoms with Gasteiger partial charge in [0.15, 0.2) is 0 Å². The Labute approximate surface area is 109 Å². The van der Waals surface area contributed by atoms with E-state index >= 15 is 0 Å². The number of ether oxygens (including phenoxy) is 1. The second-order valence-corrected chi connectivity index (χ2v) is 5.46. The van der Waals surface area contributed by atoms with Crippen molar-refractivity contribution in [3.8, 4) is 0 Å². The first-order chi connectivity index (χ1) is 8.61. The SMILES string of the molecule is C/C1=C\CC/C(CO)=C/[C@H]2OC(=O)[C@@H](C)[C@@H]2CC1. The van der Waals surface area contributed by atoms with Crippen molar-refractivity contribution in [3.63, 3.8) is 0 Å². The summed E-state index contributed by atoms with van der Waals surface area (Å²) < 4.78 is 5.43. The van der Waals surface area contributed by atoms with Gasteiger partial charge in [-0.15, -0.1) is 0 Å². The molecule has 0 amide bonds. The van der Waals surface area contributed by atoms with Gasteiger partial charge in [-0.2, -0.15) is 0 Å². The Balaban J connectivity index is 2.23. The number of hydrogen-bond acceptors (Lipinski definition) is 3. The molecule has 1 heterocycles. The molecule has 1 fully saturated rings. The van der Waals surface area contributed by atoms with Gasteiger partial charge in [0.25, 0.3) is 0 Å². The highest BCUT2D eigenvalue weighted by Crippen LogP contribution is 2.35. The summed E-state index contributed by atoms with van der Waals surface area (Å²) in [5.74, 6) is 0.123. The zero-order valence-electron chi connectivity index (χ0n) is 11.2. The largest absolute Gasteiger partial charge is 0.458 e. The molecular formula is C15H22O3. The lowest BCUT2D eigenvalue weighted by atomic mass is 9.85. The van der Waals surface area contributed by atoms with Gasteiger partial charge in [-0.3, -0.25) is 4.79 Å². The molecule has 0 aromatic carbocycles. The Morgan fingerprint density at radius 3 is 2.94 bits per heavy atom. The van der Waals surface area contributed by atoms with E-state index in [4.69, 9.17) is 4.74 Å². The molecule has 0 unspecified atom stereocenters. The molecule has 1 aliphatic heterocycles. The fraction of sp³-hybridized carbons (Fsp3) is 0.667. The Kier molecular flexibility index (Phi) is 4.23. The molecule has 3 nitrogen and oxygen atoms in total. The molecule has 3 heteroatoms. The summed E-state index contributed by atoms with van der Waals surface area (Å²) in [6, 6.07) is 0. The van der Waals surface area contributed by atoms with Crippen molar-refractivity contribution in [2.45, 2.75) is 45.6 Å². The average molecular weight is 250 g/mol. The van der Waals surface area contributed by atoms with Gasteiger partial charge >= 0.3 is 5.97 Å². The van der Waals surface area contributed by atoms with Gasteiger partial charge in [-0.05, 0) is 44.3 Å². The monoisotopic (exact) mass is 250 g/mol. The molecule has 1 saturated heterocycles. The maximum atomic E-state index is 11.7. The first-order valence-electron chi connectivity index (χ1n) is 6.78. The molecule has 2 aliphatic rings. The van der Waals surface area contributed by atoms with Crippen molar-refractivity contribution in [1.29, 1.82) is 0 Å². The minimum Gasteiger partial charge on any atom is -0.458 e. The molecule has 0 aromatic heterocycles. The van der Waals surface area contributed by atoms with E-state index in [1.165, 1.54) is 5.57 Å². The summed E-state index contributed by atoms with van der Waals surface area (Å²) in [6.07, 6.45) is 7.90. The van der Waals surface area contributed by atoms with Crippen LogP contribution in [0.5, 0.6) is 0 Å². The highest BCUT2D eigenvalue weighted by Gasteiger charge is 2.40. The molecule has 100 valence electrons. The van der Waals surface area contributed by atoms with Crippen molar-refractivity contribution >= 4 is 5.97 Å². The van der Waals surface area contributed by atoms with E-state index in [1.54, 1.807) is 0 Å². The molecular weight excluding hydrogens is 228 g/mol. The quantitative estimate of drug-likeness (QED) is 0.575. The highest BCUT2D eigenvalue weighted by molar-refractivity contribution is 5.75. The molecule has 18 heavy (non-hydrogen) atoms. The third-order valence-electron chi connectivity index (χ3n) is 4.12. The topological polar surface area (TPSA) is 46.5 Å². The number of fused-ring (bicyclic) bond motifs is 1. The number of aliphatic hydroxyl groups is 1. The third kappa shape index (κ3) is 2.83. The first-order valence-corrected chi connectivity index (χ1v) is 6.78. The molecule has 0 radical (unpaired) electrons. The van der Waals surface area contributed by atoms with Gasteiger partial charge in [-0.1, -0.05) is 18.6 Å². The zero-order valence-corrected chi connectivity index (χ0v) is 11.2. The molecule has 0 spiro atoms. The van der Waals surface area contributed by atoms with Crippen LogP contribution in [0.2, 0.25) is 0 Å². The van der Waals surface area contributed by atoms with Crippen molar-refractivity contribution in [1.82, 2.24) is 0 Å². The molecule has 1 aliphatic carbocycles. The smallest absolute Gasteiger partial charge is 0.309 e. The van der Waals surface area contributed by atoms with Crippen LogP contribution in [0.15, 0.2) is 23.3 Å². The summed E-state index contributed by atoms with van der Waals surface area (Å²) >= 11 is 0. The predicted octanol–water partition coefficient (Wildman–Crippen LogP) is 2.60. The van der Waals surface area contributed by atoms with Crippen LogP contribution in [0, 0.1) is 11.8 Å². The van der Waals surface area contributed by atoms with E-state index in [2.05, 4.69) is 13.0 Å². The number of carbonyl (C=O) groups excluding carboxylic acids is 1. The molecule has 0 saturated carbocycles. The number of carbonyl (C=O) groups is 1. The Morgan fingerprint density at radius 1 is 1.44 bits per heavy atom. The van der Waals surface area contributed by atoms with Crippen LogP contribution in [0.1, 0.15) is 39.5 Å². The zero-order chi connectivity index (χ0) is 13.1. The number of esters is 1. The number of hydrogen-bond donors (Lipinski definition) is 1. The van der Waals surface area contributed by atoms with E-state index in [0.29, 0.717) is 0 Å². The molecule has 0 bridgehead atoms. The van der Waals surface area contributed by atoms with Crippen LogP contribution in [0.3, 0.4) is 0 Å². The molecule has 0 aromatic rings. The van der Waals surface area contributed by atoms with E-state index in [9.17, 15) is 9.90 Å². The number of allylic oxidation sites excluding steroid dienone is 2. The van der Waals surface area contributed by atoms with E-state index in [1.807, 2.05) is 13.0 Å². The summed E-state index contributed by atoms with van der Waals surface area (Å²) in [5.41, 5.74) is 2.36. The summed E-state index contributed by atoms with van der Waals surface area (Å²) in [7, 11) is 0. The second kappa shape index (κ2) is 5.70. The van der Waals surface area contributed by atoms with Crippen LogP contribution < -0.4 is 0 Å². The lowest BCUT2D eigenvalue weighted by Gasteiger charge is -2.19. The fourth-order valence-corrected chi connectivity index (χ4v) is 2.81. The van der Waals surface area contributed by atoms with Gasteiger partial charge in [0.2, 0.25) is 0 Å². The van der Waals surface area contributed by atoms with Crippen LogP contribution in [0.4, 0.5) is 0 Å². The van der Waals surface area contributed by atoms with E-state index in [0.717, 1.165) is 31.3 Å². The molecule has 1 N–H and O–H groups in total. The Hall–Kier alpha value is -1.09. The van der Waals surface area contributed by atoms with Crippen LogP contribution in [-0.4, -0.2) is 23.8 Å². The average Bonchev–Trinajstić information content (AvgIpc) is 2.61. The van der Waals surface area contributed by atoms with Gasteiger partial charge < -0.3 is 9.84 Å². The standard InChI is InChI=1S/C15H22O3/c1-10-4-3-5-12(9-16)8-14-13(7-6-10)11(2)15(17)18-14/h4,8,11,13-14,16H,3,5-7,9H2,1-2H3/b10-4+,12-8-/t11-,13-,14+/m0/s1. The van der Waals surface area contributed by atoms with Crippen molar-refractivity contribution in [2.75, 3.05) is 6.61 Å². The summed E-state index contributed by atoms with van der Waals surface area (Å²) in [4.78, 5) is 11.7. The summed E-state index contributed by atoms with van der Waals surface area (Å²) in [6.45, 7) is 4.15. The van der Waals surface area contributed by atoms with Crippen LogP contribution in [-0.2, 0) is 9.53 Å². The lowest BCUT2D eigenvalue weighted by Crippen LogP contribution is -2.19. The number of aliphatic hydroxyl groups excluding tert-OH is 1. The fourth-order valence-electron chi connectivity index (χ4n) is 2.81. The van der Waals surface area contributed by atoms with Crippen molar-refractivity contribution < 1.29 is 14.6 Å². The van der Waals surface area contributed by atoms with E-state index < -0.39 is 0 Å². The van der Waals surface area contributed by atoms with Gasteiger partial charge in [-0.25, -0.2) is 0 Å². The third-order valence-corrected chi connectivity index (χ3v) is 4.12. The number of rotatable bonds is 1. The van der Waals surface area contributed by atoms with Crippen molar-refractivity contribution in [2.24, 2.45) is 11.8 Å². The van der Waals surface area contributed by atoms with Gasteiger partial charge in [0.1, 0.15) is 6.10 Å². The maximum Gasteiger partial charge on any atom is 0.309 e. The van der Waals surface area contributed by atoms with E-state index in [-0.39, 0.29) is 30.5 Å². The predicted molar refractivity (Wildman–Crippen MR) is 69.9 cm³/mol. The molecule has 2 rings (SSSR count). The van der Waals surface area contributed by atoms with Gasteiger partial charge in [0.05, 0.1) is 12.5 Å². The van der Waals surface area contributed by atoms with Crippen LogP contribution >= 0.6 is 0 Å². The summed E-state index contributed by atoms with van der Waals surface area (Å²) in [5, 5.41) is 9.36. The Morgan fingerprint density at radius 2 is 2.22 bits per heavy atom. The minimum absolute atomic E-state index is 0.0292. The first kappa shape index (κ1) is 13.3. The second-order valence-electron chi connectivity index (χ2n) is 5.46. The minimum atomic E-state index is -0.138. The van der Waals surface area contributed by atoms with Crippen LogP contribution in [0.25, 0.3) is 0 Å². The maximum absolute atomic E-state index is 11.7. The Bertz CT molecular complexity index is 381. The lowest BCUT2D eigenvalue weighted by molar-refractivity contribution is -0.142. The normalized spacial score (nSPS) is 39.1. The molecule has 3 atom stereocenters. The van der Waals surface area contributed by atoms with Gasteiger partial charge in [0, 0.05) is 5.92 Å². The van der Waals surface area contributed by atoms with Crippen molar-refractivity contribution in [3.05, 3.63) is 23.3 Å². The highest BCUT2D eigenvalue weighted by atomic mass is 16.6.